The van der Waals surface area contributed by atoms with Crippen LogP contribution in [-0.4, -0.2) is 47.9 Å². The van der Waals surface area contributed by atoms with Crippen LogP contribution < -0.4 is 0 Å². The van der Waals surface area contributed by atoms with Gasteiger partial charge in [-0.25, -0.2) is 0 Å². The molecule has 2 fully saturated rings. The Hall–Kier alpha value is -1.17. The molecule has 3 heterocycles. The van der Waals surface area contributed by atoms with Crippen LogP contribution in [0, 0.1) is 5.92 Å². The first kappa shape index (κ1) is 14.8. The minimum absolute atomic E-state index is 0.0798. The van der Waals surface area contributed by atoms with E-state index in [2.05, 4.69) is 4.98 Å². The van der Waals surface area contributed by atoms with E-state index in [9.17, 15) is 4.79 Å². The Morgan fingerprint density at radius 1 is 1.48 bits per heavy atom. The molecule has 0 bridgehead atoms. The van der Waals surface area contributed by atoms with Gasteiger partial charge in [0.15, 0.2) is 5.79 Å². The number of piperidine rings is 1. The highest BCUT2D eigenvalue weighted by Crippen LogP contribution is 2.34. The van der Waals surface area contributed by atoms with Crippen molar-refractivity contribution >= 4 is 17.5 Å². The molecule has 1 amide bonds. The average molecular weight is 311 g/mol. The van der Waals surface area contributed by atoms with Crippen LogP contribution in [-0.2, 0) is 9.47 Å². The number of halogens is 1. The Labute approximate surface area is 129 Å². The fourth-order valence-electron chi connectivity index (χ4n) is 3.04. The van der Waals surface area contributed by atoms with Crippen molar-refractivity contribution in [1.82, 2.24) is 9.88 Å². The van der Waals surface area contributed by atoms with Crippen molar-refractivity contribution in [3.8, 4) is 0 Å². The number of carbonyl (C=O) groups excluding carboxylic acids is 1. The van der Waals surface area contributed by atoms with Crippen LogP contribution in [0.15, 0.2) is 18.3 Å². The van der Waals surface area contributed by atoms with Gasteiger partial charge in [-0.15, -0.1) is 0 Å². The van der Waals surface area contributed by atoms with E-state index in [1.54, 1.807) is 18.3 Å². The SMILES string of the molecule is CC1([C@H]2CCCN(C(=O)c3cc(Cl)ccn3)C2)OCCO1. The minimum atomic E-state index is -0.569. The predicted octanol–water partition coefficient (Wildman–Crippen LogP) is 2.35. The van der Waals surface area contributed by atoms with Gasteiger partial charge >= 0.3 is 0 Å². The summed E-state index contributed by atoms with van der Waals surface area (Å²) in [7, 11) is 0. The lowest BCUT2D eigenvalue weighted by Crippen LogP contribution is -2.48. The lowest BCUT2D eigenvalue weighted by atomic mass is 9.90. The van der Waals surface area contributed by atoms with Crippen molar-refractivity contribution in [2.45, 2.75) is 25.6 Å². The van der Waals surface area contributed by atoms with Gasteiger partial charge in [0.25, 0.3) is 5.91 Å². The standard InChI is InChI=1S/C15H19ClN2O3/c1-15(20-7-8-21-15)11-3-2-6-18(10-11)14(19)13-9-12(16)4-5-17-13/h4-5,9,11H,2-3,6-8,10H2,1H3/t11-/m0/s1. The fraction of sp³-hybridized carbons (Fsp3) is 0.600. The topological polar surface area (TPSA) is 51.7 Å². The quantitative estimate of drug-likeness (QED) is 0.841. The van der Waals surface area contributed by atoms with Gasteiger partial charge in [0.2, 0.25) is 0 Å². The van der Waals surface area contributed by atoms with Gasteiger partial charge in [-0.1, -0.05) is 11.6 Å². The van der Waals surface area contributed by atoms with E-state index in [0.29, 0.717) is 30.5 Å². The summed E-state index contributed by atoms with van der Waals surface area (Å²) in [5.74, 6) is -0.457. The average Bonchev–Trinajstić information content (AvgIpc) is 2.95. The van der Waals surface area contributed by atoms with E-state index in [-0.39, 0.29) is 11.8 Å². The summed E-state index contributed by atoms with van der Waals surface area (Å²) in [6, 6.07) is 3.27. The maximum atomic E-state index is 12.5. The number of ether oxygens (including phenoxy) is 2. The van der Waals surface area contributed by atoms with Crippen LogP contribution in [0.25, 0.3) is 0 Å². The van der Waals surface area contributed by atoms with Gasteiger partial charge in [-0.05, 0) is 31.9 Å². The second-order valence-electron chi connectivity index (χ2n) is 5.66. The molecule has 0 spiro atoms. The normalized spacial score (nSPS) is 25.0. The van der Waals surface area contributed by atoms with Crippen LogP contribution in [0.2, 0.25) is 5.02 Å². The zero-order valence-corrected chi connectivity index (χ0v) is 12.8. The molecule has 5 nitrogen and oxygen atoms in total. The Morgan fingerprint density at radius 2 is 2.24 bits per heavy atom. The molecule has 3 rings (SSSR count). The number of nitrogens with zero attached hydrogens (tertiary/aromatic N) is 2. The molecule has 0 saturated carbocycles. The van der Waals surface area contributed by atoms with E-state index in [0.717, 1.165) is 19.4 Å². The molecule has 2 aliphatic heterocycles. The van der Waals surface area contributed by atoms with Crippen molar-refractivity contribution in [2.24, 2.45) is 5.92 Å². The van der Waals surface area contributed by atoms with E-state index >= 15 is 0 Å². The molecular weight excluding hydrogens is 292 g/mol. The van der Waals surface area contributed by atoms with Gasteiger partial charge in [0.05, 0.1) is 13.2 Å². The summed E-state index contributed by atoms with van der Waals surface area (Å²) in [6.45, 7) is 4.58. The Balaban J connectivity index is 1.72. The van der Waals surface area contributed by atoms with Crippen molar-refractivity contribution in [3.63, 3.8) is 0 Å². The van der Waals surface area contributed by atoms with Gasteiger partial charge < -0.3 is 14.4 Å². The summed E-state index contributed by atoms with van der Waals surface area (Å²) in [5, 5.41) is 0.524. The second-order valence-corrected chi connectivity index (χ2v) is 6.10. The molecule has 21 heavy (non-hydrogen) atoms. The lowest BCUT2D eigenvalue weighted by molar-refractivity contribution is -0.189. The first-order valence-corrected chi connectivity index (χ1v) is 7.65. The van der Waals surface area contributed by atoms with Crippen LogP contribution >= 0.6 is 11.6 Å². The molecule has 114 valence electrons. The number of pyridine rings is 1. The Bertz CT molecular complexity index is 531. The monoisotopic (exact) mass is 310 g/mol. The lowest BCUT2D eigenvalue weighted by Gasteiger charge is -2.39. The highest BCUT2D eigenvalue weighted by atomic mass is 35.5. The van der Waals surface area contributed by atoms with E-state index < -0.39 is 5.79 Å². The number of amides is 1. The third kappa shape index (κ3) is 3.05. The number of likely N-dealkylation sites (tertiary alicyclic amines) is 1. The van der Waals surface area contributed by atoms with E-state index in [1.165, 1.54) is 0 Å². The molecule has 1 atom stereocenters. The van der Waals surface area contributed by atoms with Gasteiger partial charge in [0, 0.05) is 30.2 Å². The van der Waals surface area contributed by atoms with Crippen molar-refractivity contribution in [3.05, 3.63) is 29.0 Å². The summed E-state index contributed by atoms with van der Waals surface area (Å²) in [6.07, 6.45) is 3.50. The number of hydrogen-bond acceptors (Lipinski definition) is 4. The summed E-state index contributed by atoms with van der Waals surface area (Å²) in [5.41, 5.74) is 0.390. The predicted molar refractivity (Wildman–Crippen MR) is 78.2 cm³/mol. The molecule has 2 saturated heterocycles. The van der Waals surface area contributed by atoms with Gasteiger partial charge in [-0.3, -0.25) is 9.78 Å². The first-order valence-electron chi connectivity index (χ1n) is 7.27. The minimum Gasteiger partial charge on any atom is -0.347 e. The molecule has 1 aromatic heterocycles. The third-order valence-electron chi connectivity index (χ3n) is 4.25. The molecular formula is C15H19ClN2O3. The van der Waals surface area contributed by atoms with E-state index in [1.807, 2.05) is 11.8 Å². The molecule has 0 aliphatic carbocycles. The van der Waals surface area contributed by atoms with Gasteiger partial charge in [0.1, 0.15) is 5.69 Å². The summed E-state index contributed by atoms with van der Waals surface area (Å²) >= 11 is 5.93. The van der Waals surface area contributed by atoms with Crippen molar-refractivity contribution < 1.29 is 14.3 Å². The Morgan fingerprint density at radius 3 is 2.95 bits per heavy atom. The molecule has 0 unspecified atom stereocenters. The number of rotatable bonds is 2. The molecule has 0 radical (unpaired) electrons. The zero-order chi connectivity index (χ0) is 14.9. The number of aromatic nitrogens is 1. The highest BCUT2D eigenvalue weighted by Gasteiger charge is 2.42. The van der Waals surface area contributed by atoms with E-state index in [4.69, 9.17) is 21.1 Å². The van der Waals surface area contributed by atoms with Crippen LogP contribution in [0.4, 0.5) is 0 Å². The first-order chi connectivity index (χ1) is 10.1. The molecule has 1 aromatic rings. The van der Waals surface area contributed by atoms with Crippen LogP contribution in [0.5, 0.6) is 0 Å². The van der Waals surface area contributed by atoms with Crippen LogP contribution in [0.1, 0.15) is 30.3 Å². The third-order valence-corrected chi connectivity index (χ3v) is 4.49. The summed E-state index contributed by atoms with van der Waals surface area (Å²) in [4.78, 5) is 18.5. The van der Waals surface area contributed by atoms with Gasteiger partial charge in [-0.2, -0.15) is 0 Å². The number of hydrogen-bond donors (Lipinski definition) is 0. The summed E-state index contributed by atoms with van der Waals surface area (Å²) < 4.78 is 11.5. The molecule has 0 aromatic carbocycles. The molecule has 0 N–H and O–H groups in total. The van der Waals surface area contributed by atoms with Crippen molar-refractivity contribution in [1.29, 1.82) is 0 Å². The number of carbonyl (C=O) groups is 1. The van der Waals surface area contributed by atoms with Crippen LogP contribution in [0.3, 0.4) is 0 Å². The highest BCUT2D eigenvalue weighted by molar-refractivity contribution is 6.30. The molecule has 2 aliphatic rings. The fourth-order valence-corrected chi connectivity index (χ4v) is 3.20. The smallest absolute Gasteiger partial charge is 0.272 e. The zero-order valence-electron chi connectivity index (χ0n) is 12.0. The maximum absolute atomic E-state index is 12.5. The molecule has 6 heteroatoms. The maximum Gasteiger partial charge on any atom is 0.272 e. The second kappa shape index (κ2) is 5.91. The Kier molecular flexibility index (Phi) is 4.15. The largest absolute Gasteiger partial charge is 0.347 e. The van der Waals surface area contributed by atoms with Crippen molar-refractivity contribution in [2.75, 3.05) is 26.3 Å².